The lowest BCUT2D eigenvalue weighted by Crippen LogP contribution is -2.28. The van der Waals surface area contributed by atoms with E-state index in [1.165, 1.54) is 161 Å². The number of unbranched alkanes of at least 4 members (excludes halogenated alkanes) is 28. The molecule has 0 aliphatic heterocycles. The van der Waals surface area contributed by atoms with E-state index in [0.29, 0.717) is 12.8 Å². The number of allylic oxidation sites excluding steroid dienone is 4. The maximum atomic E-state index is 12.2. The molecule has 0 aromatic carbocycles. The number of aliphatic hydroxyl groups is 1. The molecule has 0 aliphatic rings. The third-order valence-corrected chi connectivity index (χ3v) is 9.75. The van der Waals surface area contributed by atoms with Gasteiger partial charge in [-0.3, -0.25) is 9.59 Å². The highest BCUT2D eigenvalue weighted by Crippen LogP contribution is 2.16. The number of hydrogen-bond acceptors (Lipinski definition) is 5. The average Bonchev–Trinajstić information content (AvgIpc) is 3.12. The van der Waals surface area contributed by atoms with Crippen molar-refractivity contribution in [2.75, 3.05) is 13.2 Å². The summed E-state index contributed by atoms with van der Waals surface area (Å²) < 4.78 is 10.6. The third-order valence-electron chi connectivity index (χ3n) is 9.75. The van der Waals surface area contributed by atoms with Crippen molar-refractivity contribution >= 4 is 11.9 Å². The summed E-state index contributed by atoms with van der Waals surface area (Å²) >= 11 is 0. The van der Waals surface area contributed by atoms with E-state index >= 15 is 0 Å². The van der Waals surface area contributed by atoms with E-state index in [1.807, 2.05) is 0 Å². The van der Waals surface area contributed by atoms with Gasteiger partial charge in [0.1, 0.15) is 6.61 Å². The highest BCUT2D eigenvalue weighted by Gasteiger charge is 2.16. The van der Waals surface area contributed by atoms with E-state index in [-0.39, 0.29) is 25.2 Å². The second-order valence-corrected chi connectivity index (χ2v) is 14.8. The van der Waals surface area contributed by atoms with Gasteiger partial charge in [-0.1, -0.05) is 199 Å². The Morgan fingerprint density at radius 1 is 0.460 bits per heavy atom. The Balaban J connectivity index is 3.50. The molecule has 0 spiro atoms. The molecule has 0 fully saturated rings. The number of hydrogen-bond donors (Lipinski definition) is 1. The normalized spacial score (nSPS) is 12.3. The fourth-order valence-electron chi connectivity index (χ4n) is 6.41. The van der Waals surface area contributed by atoms with Crippen LogP contribution in [0, 0.1) is 0 Å². The molecule has 5 heteroatoms. The lowest BCUT2D eigenvalue weighted by Gasteiger charge is -2.15. The van der Waals surface area contributed by atoms with Crippen LogP contribution in [-0.2, 0) is 19.1 Å². The standard InChI is InChI=1S/C45H84O5/c1-3-5-7-9-11-13-15-17-19-21-22-24-26-28-30-32-34-36-38-40-45(48)50-43(41-46)42-49-44(47)39-37-35-33-31-29-27-25-23-20-18-16-14-12-10-8-6-4-2/h12,14,18,20,43,46H,3-11,13,15-17,19,21-42H2,1-2H3/b14-12+,20-18+/t43-/m0/s1. The second-order valence-electron chi connectivity index (χ2n) is 14.8. The van der Waals surface area contributed by atoms with Crippen molar-refractivity contribution in [2.45, 2.75) is 238 Å². The minimum atomic E-state index is -0.770. The maximum absolute atomic E-state index is 12.2. The van der Waals surface area contributed by atoms with Crippen LogP contribution in [0.5, 0.6) is 0 Å². The van der Waals surface area contributed by atoms with Crippen LogP contribution in [0.3, 0.4) is 0 Å². The summed E-state index contributed by atoms with van der Waals surface area (Å²) in [5.74, 6) is -0.589. The Labute approximate surface area is 311 Å². The van der Waals surface area contributed by atoms with Gasteiger partial charge in [-0.25, -0.2) is 0 Å². The quantitative estimate of drug-likeness (QED) is 0.0390. The highest BCUT2D eigenvalue weighted by atomic mass is 16.6. The van der Waals surface area contributed by atoms with Gasteiger partial charge in [0.15, 0.2) is 6.10 Å². The molecule has 0 aliphatic carbocycles. The van der Waals surface area contributed by atoms with Gasteiger partial charge < -0.3 is 14.6 Å². The Kier molecular flexibility index (Phi) is 40.4. The van der Waals surface area contributed by atoms with Gasteiger partial charge in [0.2, 0.25) is 0 Å². The van der Waals surface area contributed by atoms with Crippen LogP contribution in [0.1, 0.15) is 232 Å². The van der Waals surface area contributed by atoms with Crippen LogP contribution in [0.2, 0.25) is 0 Å². The molecule has 0 amide bonds. The van der Waals surface area contributed by atoms with Gasteiger partial charge in [0.05, 0.1) is 6.61 Å². The van der Waals surface area contributed by atoms with E-state index in [0.717, 1.165) is 44.9 Å². The minimum absolute atomic E-state index is 0.0655. The largest absolute Gasteiger partial charge is 0.462 e. The summed E-state index contributed by atoms with van der Waals surface area (Å²) in [5, 5.41) is 9.58. The van der Waals surface area contributed by atoms with Crippen molar-refractivity contribution < 1.29 is 24.2 Å². The van der Waals surface area contributed by atoms with Crippen LogP contribution in [0.15, 0.2) is 24.3 Å². The molecule has 294 valence electrons. The number of carbonyl (C=O) groups excluding carboxylic acids is 2. The molecule has 1 N–H and O–H groups in total. The zero-order valence-corrected chi connectivity index (χ0v) is 33.4. The molecule has 0 unspecified atom stereocenters. The van der Waals surface area contributed by atoms with Crippen molar-refractivity contribution in [3.8, 4) is 0 Å². The molecule has 5 nitrogen and oxygen atoms in total. The van der Waals surface area contributed by atoms with Gasteiger partial charge in [0, 0.05) is 12.8 Å². The Hall–Kier alpha value is -1.62. The minimum Gasteiger partial charge on any atom is -0.462 e. The van der Waals surface area contributed by atoms with Crippen LogP contribution in [0.25, 0.3) is 0 Å². The summed E-state index contributed by atoms with van der Waals surface area (Å²) in [5.41, 5.74) is 0. The zero-order valence-electron chi connectivity index (χ0n) is 33.4. The molecular formula is C45H84O5. The fourth-order valence-corrected chi connectivity index (χ4v) is 6.41. The van der Waals surface area contributed by atoms with Crippen molar-refractivity contribution in [3.63, 3.8) is 0 Å². The maximum Gasteiger partial charge on any atom is 0.306 e. The molecule has 0 radical (unpaired) electrons. The SMILES string of the molecule is CCCCC/C=C/C/C=C/CCCCCCCCCC(=O)OC[C@H](CO)OC(=O)CCCCCCCCCCCCCCCCCCCCC. The van der Waals surface area contributed by atoms with Crippen LogP contribution in [-0.4, -0.2) is 36.4 Å². The fraction of sp³-hybridized carbons (Fsp3) is 0.867. The molecule has 0 heterocycles. The molecule has 0 rings (SSSR count). The number of ether oxygens (including phenoxy) is 2. The monoisotopic (exact) mass is 705 g/mol. The van der Waals surface area contributed by atoms with Crippen LogP contribution < -0.4 is 0 Å². The van der Waals surface area contributed by atoms with Gasteiger partial charge in [0.25, 0.3) is 0 Å². The highest BCUT2D eigenvalue weighted by molar-refractivity contribution is 5.70. The third kappa shape index (κ3) is 39.2. The van der Waals surface area contributed by atoms with E-state index in [2.05, 4.69) is 38.2 Å². The van der Waals surface area contributed by atoms with Crippen LogP contribution in [0.4, 0.5) is 0 Å². The van der Waals surface area contributed by atoms with Gasteiger partial charge in [-0.2, -0.15) is 0 Å². The van der Waals surface area contributed by atoms with Crippen molar-refractivity contribution in [1.29, 1.82) is 0 Å². The lowest BCUT2D eigenvalue weighted by molar-refractivity contribution is -0.161. The predicted molar refractivity (Wildman–Crippen MR) is 215 cm³/mol. The first-order valence-corrected chi connectivity index (χ1v) is 21.9. The molecule has 0 aromatic rings. The Bertz CT molecular complexity index is 761. The molecule has 0 aromatic heterocycles. The Morgan fingerprint density at radius 2 is 0.800 bits per heavy atom. The molecule has 50 heavy (non-hydrogen) atoms. The van der Waals surface area contributed by atoms with Crippen molar-refractivity contribution in [3.05, 3.63) is 24.3 Å². The molecular weight excluding hydrogens is 620 g/mol. The van der Waals surface area contributed by atoms with Gasteiger partial charge in [-0.05, 0) is 44.9 Å². The summed E-state index contributed by atoms with van der Waals surface area (Å²) in [4.78, 5) is 24.3. The number of rotatable bonds is 40. The summed E-state index contributed by atoms with van der Waals surface area (Å²) in [6.07, 6.45) is 49.6. The average molecular weight is 705 g/mol. The predicted octanol–water partition coefficient (Wildman–Crippen LogP) is 13.8. The first kappa shape index (κ1) is 48.4. The van der Waals surface area contributed by atoms with E-state index in [4.69, 9.17) is 9.47 Å². The first-order chi connectivity index (χ1) is 24.6. The summed E-state index contributed by atoms with van der Waals surface area (Å²) in [7, 11) is 0. The number of aliphatic hydroxyl groups excluding tert-OH is 1. The van der Waals surface area contributed by atoms with Crippen molar-refractivity contribution in [2.24, 2.45) is 0 Å². The molecule has 0 saturated carbocycles. The van der Waals surface area contributed by atoms with E-state index in [9.17, 15) is 14.7 Å². The van der Waals surface area contributed by atoms with Gasteiger partial charge in [-0.15, -0.1) is 0 Å². The van der Waals surface area contributed by atoms with Crippen LogP contribution >= 0.6 is 0 Å². The lowest BCUT2D eigenvalue weighted by atomic mass is 10.0. The summed E-state index contributed by atoms with van der Waals surface area (Å²) in [6, 6.07) is 0. The van der Waals surface area contributed by atoms with E-state index < -0.39 is 6.10 Å². The smallest absolute Gasteiger partial charge is 0.306 e. The molecule has 0 saturated heterocycles. The van der Waals surface area contributed by atoms with Crippen molar-refractivity contribution in [1.82, 2.24) is 0 Å². The Morgan fingerprint density at radius 3 is 1.22 bits per heavy atom. The summed E-state index contributed by atoms with van der Waals surface area (Å²) in [6.45, 7) is 4.13. The van der Waals surface area contributed by atoms with E-state index in [1.54, 1.807) is 0 Å². The number of carbonyl (C=O) groups is 2. The molecule has 0 bridgehead atoms. The second kappa shape index (κ2) is 41.8. The zero-order chi connectivity index (χ0) is 36.4. The van der Waals surface area contributed by atoms with Gasteiger partial charge >= 0.3 is 11.9 Å². The molecule has 1 atom stereocenters. The number of esters is 2. The first-order valence-electron chi connectivity index (χ1n) is 21.9. The topological polar surface area (TPSA) is 72.8 Å².